The summed E-state index contributed by atoms with van der Waals surface area (Å²) in [5, 5.41) is 3.46. The van der Waals surface area contributed by atoms with Crippen LogP contribution in [0.3, 0.4) is 0 Å². The highest BCUT2D eigenvalue weighted by Gasteiger charge is 2.23. The van der Waals surface area contributed by atoms with Crippen molar-refractivity contribution >= 4 is 6.01 Å². The third-order valence-corrected chi connectivity index (χ3v) is 4.11. The molecule has 100 valence electrons. The van der Waals surface area contributed by atoms with E-state index in [4.69, 9.17) is 4.42 Å². The molecule has 2 saturated carbocycles. The molecule has 0 amide bonds. The van der Waals surface area contributed by atoms with E-state index in [0.717, 1.165) is 24.3 Å². The molecule has 0 bridgehead atoms. The number of hydrogen-bond acceptors (Lipinski definition) is 4. The first-order valence-corrected chi connectivity index (χ1v) is 7.23. The minimum atomic E-state index is 0.613. The third kappa shape index (κ3) is 2.86. The van der Waals surface area contributed by atoms with Gasteiger partial charge in [-0.25, -0.2) is 0 Å². The number of oxazole rings is 1. The van der Waals surface area contributed by atoms with Crippen LogP contribution in [-0.2, 0) is 6.54 Å². The Labute approximate surface area is 109 Å². The maximum atomic E-state index is 5.61. The predicted octanol–water partition coefficient (Wildman–Crippen LogP) is 2.70. The first-order chi connectivity index (χ1) is 8.83. The number of rotatable bonds is 5. The summed E-state index contributed by atoms with van der Waals surface area (Å²) in [4.78, 5) is 6.80. The van der Waals surface area contributed by atoms with E-state index in [2.05, 4.69) is 22.2 Å². The minimum Gasteiger partial charge on any atom is -0.432 e. The van der Waals surface area contributed by atoms with E-state index in [1.807, 2.05) is 0 Å². The minimum absolute atomic E-state index is 0.613. The maximum Gasteiger partial charge on any atom is 0.297 e. The molecule has 0 aliphatic heterocycles. The van der Waals surface area contributed by atoms with E-state index < -0.39 is 0 Å². The van der Waals surface area contributed by atoms with Crippen molar-refractivity contribution in [1.29, 1.82) is 0 Å². The summed E-state index contributed by atoms with van der Waals surface area (Å²) < 4.78 is 5.61. The fourth-order valence-corrected chi connectivity index (χ4v) is 2.70. The van der Waals surface area contributed by atoms with Crippen LogP contribution in [-0.4, -0.2) is 24.1 Å². The van der Waals surface area contributed by atoms with E-state index >= 15 is 0 Å². The molecule has 1 N–H and O–H groups in total. The number of hydrogen-bond donors (Lipinski definition) is 1. The monoisotopic (exact) mass is 249 g/mol. The number of nitrogens with zero attached hydrogens (tertiary/aromatic N) is 2. The summed E-state index contributed by atoms with van der Waals surface area (Å²) in [6.45, 7) is 0.840. The van der Waals surface area contributed by atoms with Gasteiger partial charge in [0.1, 0.15) is 6.26 Å². The molecule has 0 radical (unpaired) electrons. The van der Waals surface area contributed by atoms with E-state index in [0.29, 0.717) is 6.04 Å². The zero-order valence-electron chi connectivity index (χ0n) is 11.2. The number of anilines is 1. The molecule has 0 aromatic carbocycles. The number of nitrogens with one attached hydrogen (secondary N) is 1. The molecule has 0 atom stereocenters. The molecular formula is C14H23N3O. The summed E-state index contributed by atoms with van der Waals surface area (Å²) >= 11 is 0. The highest BCUT2D eigenvalue weighted by atomic mass is 16.4. The lowest BCUT2D eigenvalue weighted by Gasteiger charge is -2.29. The fourth-order valence-electron chi connectivity index (χ4n) is 2.70. The lowest BCUT2D eigenvalue weighted by atomic mass is 9.95. The average molecular weight is 249 g/mol. The zero-order chi connectivity index (χ0) is 12.4. The van der Waals surface area contributed by atoms with Crippen molar-refractivity contribution in [2.24, 2.45) is 0 Å². The van der Waals surface area contributed by atoms with Crippen LogP contribution >= 0.6 is 0 Å². The summed E-state index contributed by atoms with van der Waals surface area (Å²) in [5.41, 5.74) is 1.03. The van der Waals surface area contributed by atoms with Gasteiger partial charge in [-0.15, -0.1) is 0 Å². The van der Waals surface area contributed by atoms with E-state index in [9.17, 15) is 0 Å². The molecule has 1 aromatic heterocycles. The van der Waals surface area contributed by atoms with Crippen LogP contribution in [0.25, 0.3) is 0 Å². The molecule has 0 unspecified atom stereocenters. The first-order valence-electron chi connectivity index (χ1n) is 7.23. The topological polar surface area (TPSA) is 41.3 Å². The van der Waals surface area contributed by atoms with Gasteiger partial charge in [-0.1, -0.05) is 19.3 Å². The van der Waals surface area contributed by atoms with Crippen LogP contribution in [0.2, 0.25) is 0 Å². The highest BCUT2D eigenvalue weighted by molar-refractivity contribution is 5.27. The van der Waals surface area contributed by atoms with Crippen LogP contribution in [0.4, 0.5) is 6.01 Å². The van der Waals surface area contributed by atoms with Gasteiger partial charge in [-0.05, 0) is 25.7 Å². The second kappa shape index (κ2) is 5.31. The molecule has 2 aliphatic carbocycles. The third-order valence-electron chi connectivity index (χ3n) is 4.11. The lowest BCUT2D eigenvalue weighted by Crippen LogP contribution is -2.33. The Bertz CT molecular complexity index is 380. The Kier molecular flexibility index (Phi) is 3.55. The summed E-state index contributed by atoms with van der Waals surface area (Å²) in [7, 11) is 2.11. The van der Waals surface area contributed by atoms with Gasteiger partial charge in [0.2, 0.25) is 0 Å². The highest BCUT2D eigenvalue weighted by Crippen LogP contribution is 2.26. The second-order valence-electron chi connectivity index (χ2n) is 5.68. The zero-order valence-corrected chi connectivity index (χ0v) is 11.2. The summed E-state index contributed by atoms with van der Waals surface area (Å²) in [5.74, 6) is 0. The van der Waals surface area contributed by atoms with Gasteiger partial charge in [0, 0.05) is 25.7 Å². The Balaban J connectivity index is 1.56. The Morgan fingerprint density at radius 3 is 2.78 bits per heavy atom. The second-order valence-corrected chi connectivity index (χ2v) is 5.68. The van der Waals surface area contributed by atoms with Crippen LogP contribution in [0.1, 0.15) is 50.6 Å². The molecule has 3 rings (SSSR count). The predicted molar refractivity (Wildman–Crippen MR) is 71.6 cm³/mol. The van der Waals surface area contributed by atoms with Gasteiger partial charge >= 0.3 is 0 Å². The van der Waals surface area contributed by atoms with Gasteiger partial charge in [-0.3, -0.25) is 0 Å². The van der Waals surface area contributed by atoms with Crippen molar-refractivity contribution < 1.29 is 4.42 Å². The average Bonchev–Trinajstić information content (AvgIpc) is 3.14. The molecule has 0 spiro atoms. The van der Waals surface area contributed by atoms with E-state index in [1.54, 1.807) is 6.26 Å². The van der Waals surface area contributed by atoms with Gasteiger partial charge < -0.3 is 14.6 Å². The van der Waals surface area contributed by atoms with Crippen LogP contribution in [0.15, 0.2) is 10.7 Å². The Morgan fingerprint density at radius 2 is 2.06 bits per heavy atom. The Morgan fingerprint density at radius 1 is 1.28 bits per heavy atom. The molecule has 2 aliphatic rings. The molecular weight excluding hydrogens is 226 g/mol. The van der Waals surface area contributed by atoms with Crippen molar-refractivity contribution in [2.45, 2.75) is 63.6 Å². The molecule has 2 fully saturated rings. The number of aromatic nitrogens is 1. The standard InChI is InChI=1S/C14H23N3O/c1-17(13-5-3-2-4-6-13)14-16-12(10-18-14)9-15-11-7-8-11/h10-11,13,15H,2-9H2,1H3. The first kappa shape index (κ1) is 12.0. The van der Waals surface area contributed by atoms with Crippen molar-refractivity contribution in [1.82, 2.24) is 10.3 Å². The maximum absolute atomic E-state index is 5.61. The van der Waals surface area contributed by atoms with Crippen LogP contribution < -0.4 is 10.2 Å². The quantitative estimate of drug-likeness (QED) is 0.871. The van der Waals surface area contributed by atoms with Gasteiger partial charge in [-0.2, -0.15) is 4.98 Å². The van der Waals surface area contributed by atoms with Crippen molar-refractivity contribution in [3.05, 3.63) is 12.0 Å². The van der Waals surface area contributed by atoms with Gasteiger partial charge in [0.05, 0.1) is 5.69 Å². The normalized spacial score (nSPS) is 21.2. The van der Waals surface area contributed by atoms with Crippen molar-refractivity contribution in [3.8, 4) is 0 Å². The molecule has 1 heterocycles. The van der Waals surface area contributed by atoms with Crippen molar-refractivity contribution in [3.63, 3.8) is 0 Å². The van der Waals surface area contributed by atoms with Gasteiger partial charge in [0.25, 0.3) is 6.01 Å². The molecule has 4 heteroatoms. The molecule has 0 saturated heterocycles. The van der Waals surface area contributed by atoms with E-state index in [-0.39, 0.29) is 0 Å². The van der Waals surface area contributed by atoms with Gasteiger partial charge in [0.15, 0.2) is 0 Å². The lowest BCUT2D eigenvalue weighted by molar-refractivity contribution is 0.405. The Hall–Kier alpha value is -1.03. The smallest absolute Gasteiger partial charge is 0.297 e. The molecule has 4 nitrogen and oxygen atoms in total. The fraction of sp³-hybridized carbons (Fsp3) is 0.786. The SMILES string of the molecule is CN(c1nc(CNC2CC2)co1)C1CCCCC1. The summed E-state index contributed by atoms with van der Waals surface area (Å²) in [6.07, 6.45) is 11.0. The van der Waals surface area contributed by atoms with Crippen molar-refractivity contribution in [2.75, 3.05) is 11.9 Å². The molecule has 1 aromatic rings. The van der Waals surface area contributed by atoms with Crippen LogP contribution in [0, 0.1) is 0 Å². The van der Waals surface area contributed by atoms with Crippen LogP contribution in [0.5, 0.6) is 0 Å². The largest absolute Gasteiger partial charge is 0.432 e. The molecule has 18 heavy (non-hydrogen) atoms. The summed E-state index contributed by atoms with van der Waals surface area (Å²) in [6, 6.07) is 2.12. The van der Waals surface area contributed by atoms with E-state index in [1.165, 1.54) is 44.9 Å².